The molecule has 1 N–H and O–H groups in total. The first-order chi connectivity index (χ1) is 17.5. The molecule has 1 aliphatic heterocycles. The minimum Gasteiger partial charge on any atom is -0.497 e. The number of nitrogens with zero attached hydrogens (tertiary/aromatic N) is 3. The van der Waals surface area contributed by atoms with Gasteiger partial charge < -0.3 is 19.5 Å². The maximum Gasteiger partial charge on any atom is 0.230 e. The Balaban J connectivity index is 1.39. The molecule has 1 unspecified atom stereocenters. The number of hydrogen-bond donors (Lipinski definition) is 1. The van der Waals surface area contributed by atoms with E-state index in [4.69, 9.17) is 4.74 Å². The molecule has 1 atom stereocenters. The maximum atomic E-state index is 13.5. The number of halogens is 1. The van der Waals surface area contributed by atoms with Crippen molar-refractivity contribution in [1.82, 2.24) is 9.55 Å². The van der Waals surface area contributed by atoms with Crippen molar-refractivity contribution in [2.24, 2.45) is 5.92 Å². The van der Waals surface area contributed by atoms with Crippen LogP contribution < -0.4 is 15.0 Å². The molecule has 1 fully saturated rings. The number of hydrogen-bond acceptors (Lipinski definition) is 4. The van der Waals surface area contributed by atoms with Crippen molar-refractivity contribution >= 4 is 23.3 Å². The van der Waals surface area contributed by atoms with Crippen LogP contribution in [0.1, 0.15) is 12.0 Å². The molecule has 5 rings (SSSR count). The van der Waals surface area contributed by atoms with E-state index in [1.54, 1.807) is 54.7 Å². The first-order valence-corrected chi connectivity index (χ1v) is 11.6. The zero-order valence-electron chi connectivity index (χ0n) is 19.7. The predicted molar refractivity (Wildman–Crippen MR) is 135 cm³/mol. The Morgan fingerprint density at radius 3 is 2.47 bits per heavy atom. The number of carbonyl (C=O) groups excluding carboxylic acids is 2. The average Bonchev–Trinajstić information content (AvgIpc) is 3.48. The number of carbonyl (C=O) groups is 2. The van der Waals surface area contributed by atoms with Crippen LogP contribution in [-0.4, -0.2) is 35.0 Å². The molecule has 1 aromatic heterocycles. The van der Waals surface area contributed by atoms with Gasteiger partial charge in [0.25, 0.3) is 0 Å². The van der Waals surface area contributed by atoms with Gasteiger partial charge in [0.1, 0.15) is 23.1 Å². The molecule has 0 bridgehead atoms. The number of amides is 2. The van der Waals surface area contributed by atoms with E-state index in [1.165, 1.54) is 12.1 Å². The number of imidazole rings is 1. The quantitative estimate of drug-likeness (QED) is 0.411. The van der Waals surface area contributed by atoms with Gasteiger partial charge in [-0.15, -0.1) is 0 Å². The largest absolute Gasteiger partial charge is 0.497 e. The highest BCUT2D eigenvalue weighted by molar-refractivity contribution is 6.04. The minimum atomic E-state index is -0.527. The van der Waals surface area contributed by atoms with E-state index in [1.807, 2.05) is 34.9 Å². The van der Waals surface area contributed by atoms with E-state index in [2.05, 4.69) is 10.3 Å². The second kappa shape index (κ2) is 10.0. The number of methoxy groups -OCH3 is 1. The van der Waals surface area contributed by atoms with Gasteiger partial charge in [-0.3, -0.25) is 9.59 Å². The first-order valence-electron chi connectivity index (χ1n) is 11.6. The summed E-state index contributed by atoms with van der Waals surface area (Å²) in [4.78, 5) is 32.2. The second-order valence-electron chi connectivity index (χ2n) is 8.65. The molecule has 0 spiro atoms. The highest BCUT2D eigenvalue weighted by Crippen LogP contribution is 2.31. The van der Waals surface area contributed by atoms with Crippen LogP contribution >= 0.6 is 0 Å². The summed E-state index contributed by atoms with van der Waals surface area (Å²) in [5, 5.41) is 3.01. The summed E-state index contributed by atoms with van der Waals surface area (Å²) in [6.07, 6.45) is 1.77. The molecule has 1 aliphatic rings. The number of rotatable bonds is 7. The van der Waals surface area contributed by atoms with Crippen LogP contribution in [0.4, 0.5) is 15.9 Å². The van der Waals surface area contributed by atoms with Gasteiger partial charge in [-0.25, -0.2) is 9.37 Å². The summed E-state index contributed by atoms with van der Waals surface area (Å²) in [6.45, 7) is 0.766. The molecule has 7 nitrogen and oxygen atoms in total. The summed E-state index contributed by atoms with van der Waals surface area (Å²) in [6, 6.07) is 23.0. The summed E-state index contributed by atoms with van der Waals surface area (Å²) >= 11 is 0. The molecule has 2 amide bonds. The van der Waals surface area contributed by atoms with Crippen LogP contribution in [0.25, 0.3) is 11.3 Å². The maximum absolute atomic E-state index is 13.5. The molecular formula is C28H25FN4O3. The van der Waals surface area contributed by atoms with Crippen molar-refractivity contribution < 1.29 is 18.7 Å². The molecule has 0 radical (unpaired) electrons. The number of ether oxygens (including phenoxy) is 1. The second-order valence-corrected chi connectivity index (χ2v) is 8.65. The van der Waals surface area contributed by atoms with Crippen LogP contribution in [0.15, 0.2) is 85.2 Å². The molecule has 36 heavy (non-hydrogen) atoms. The lowest BCUT2D eigenvalue weighted by Gasteiger charge is -2.18. The third-order valence-electron chi connectivity index (χ3n) is 6.27. The number of nitrogens with one attached hydrogen (secondary N) is 1. The van der Waals surface area contributed by atoms with Gasteiger partial charge in [0.05, 0.1) is 25.9 Å². The lowest BCUT2D eigenvalue weighted by molar-refractivity contribution is -0.122. The fourth-order valence-electron chi connectivity index (χ4n) is 4.35. The number of benzene rings is 3. The fourth-order valence-corrected chi connectivity index (χ4v) is 4.35. The average molecular weight is 485 g/mol. The molecule has 3 aromatic carbocycles. The molecule has 8 heteroatoms. The lowest BCUT2D eigenvalue weighted by Crippen LogP contribution is -2.28. The normalized spacial score (nSPS) is 15.2. The predicted octanol–water partition coefficient (Wildman–Crippen LogP) is 4.74. The van der Waals surface area contributed by atoms with E-state index in [-0.39, 0.29) is 30.6 Å². The summed E-state index contributed by atoms with van der Waals surface area (Å²) in [5.74, 6) is -0.0585. The fraction of sp³-hybridized carbons (Fsp3) is 0.179. The molecule has 2 heterocycles. The smallest absolute Gasteiger partial charge is 0.230 e. The Morgan fingerprint density at radius 1 is 1.06 bits per heavy atom. The number of aromatic nitrogens is 2. The van der Waals surface area contributed by atoms with Crippen LogP contribution in [0.5, 0.6) is 5.75 Å². The Kier molecular flexibility index (Phi) is 6.49. The Labute approximate surface area is 208 Å². The van der Waals surface area contributed by atoms with Gasteiger partial charge >= 0.3 is 0 Å². The standard InChI is InChI=1S/C28H25FN4O3/c1-36-24-13-11-23(12-14-24)33-17-21(15-25(33)34)28(35)31-27-26(20-7-9-22(29)10-8-20)30-18-32(27)16-19-5-3-2-4-6-19/h2-14,18,21H,15-17H2,1H3,(H,31,35). The highest BCUT2D eigenvalue weighted by Gasteiger charge is 2.36. The molecule has 4 aromatic rings. The van der Waals surface area contributed by atoms with Gasteiger partial charge in [-0.1, -0.05) is 30.3 Å². The van der Waals surface area contributed by atoms with Gasteiger partial charge in [0.2, 0.25) is 11.8 Å². The van der Waals surface area contributed by atoms with E-state index in [9.17, 15) is 14.0 Å². The monoisotopic (exact) mass is 484 g/mol. The summed E-state index contributed by atoms with van der Waals surface area (Å²) < 4.78 is 20.6. The van der Waals surface area contributed by atoms with Gasteiger partial charge in [-0.2, -0.15) is 0 Å². The van der Waals surface area contributed by atoms with Crippen molar-refractivity contribution in [3.05, 3.63) is 96.6 Å². The molecular weight excluding hydrogens is 459 g/mol. The van der Waals surface area contributed by atoms with Crippen molar-refractivity contribution in [3.8, 4) is 17.0 Å². The zero-order chi connectivity index (χ0) is 25.1. The van der Waals surface area contributed by atoms with Crippen molar-refractivity contribution in [2.45, 2.75) is 13.0 Å². The first kappa shape index (κ1) is 23.3. The molecule has 1 saturated heterocycles. The van der Waals surface area contributed by atoms with Crippen LogP contribution in [-0.2, 0) is 16.1 Å². The van der Waals surface area contributed by atoms with Gasteiger partial charge in [0.15, 0.2) is 0 Å². The van der Waals surface area contributed by atoms with Crippen molar-refractivity contribution in [3.63, 3.8) is 0 Å². The van der Waals surface area contributed by atoms with Gasteiger partial charge in [0, 0.05) is 24.2 Å². The Hall–Kier alpha value is -4.46. The van der Waals surface area contributed by atoms with Crippen molar-refractivity contribution in [2.75, 3.05) is 23.9 Å². The van der Waals surface area contributed by atoms with Crippen LogP contribution in [0.2, 0.25) is 0 Å². The van der Waals surface area contributed by atoms with Crippen LogP contribution in [0.3, 0.4) is 0 Å². The van der Waals surface area contributed by atoms with E-state index in [0.29, 0.717) is 29.4 Å². The van der Waals surface area contributed by atoms with E-state index >= 15 is 0 Å². The Bertz CT molecular complexity index is 1370. The van der Waals surface area contributed by atoms with Crippen molar-refractivity contribution in [1.29, 1.82) is 0 Å². The third-order valence-corrected chi connectivity index (χ3v) is 6.27. The number of anilines is 2. The topological polar surface area (TPSA) is 76.5 Å². The lowest BCUT2D eigenvalue weighted by atomic mass is 10.1. The van der Waals surface area contributed by atoms with E-state index in [0.717, 1.165) is 11.3 Å². The molecule has 182 valence electrons. The highest BCUT2D eigenvalue weighted by atomic mass is 19.1. The SMILES string of the molecule is COc1ccc(N2CC(C(=O)Nc3c(-c4ccc(F)cc4)ncn3Cc3ccccc3)CC2=O)cc1. The summed E-state index contributed by atoms with van der Waals surface area (Å²) in [5.41, 5.74) is 2.98. The summed E-state index contributed by atoms with van der Waals surface area (Å²) in [7, 11) is 1.58. The molecule has 0 aliphatic carbocycles. The van der Waals surface area contributed by atoms with Gasteiger partial charge in [-0.05, 0) is 54.1 Å². The molecule has 0 saturated carbocycles. The third kappa shape index (κ3) is 4.84. The minimum absolute atomic E-state index is 0.108. The van der Waals surface area contributed by atoms with Crippen LogP contribution in [0, 0.1) is 11.7 Å². The Morgan fingerprint density at radius 2 is 1.78 bits per heavy atom. The zero-order valence-corrected chi connectivity index (χ0v) is 19.7. The van der Waals surface area contributed by atoms with E-state index < -0.39 is 5.92 Å².